The van der Waals surface area contributed by atoms with E-state index in [1.165, 1.54) is 0 Å². The Labute approximate surface area is 118 Å². The molecule has 0 saturated heterocycles. The lowest BCUT2D eigenvalue weighted by atomic mass is 10.1. The largest absolute Gasteiger partial charge is 0.329 e. The molecule has 0 saturated carbocycles. The predicted octanol–water partition coefficient (Wildman–Crippen LogP) is 0.467. The van der Waals surface area contributed by atoms with Crippen LogP contribution in [0.4, 0.5) is 0 Å². The maximum Gasteiger partial charge on any atom is 0.190 e. The molecule has 0 atom stereocenters. The first-order chi connectivity index (χ1) is 9.02. The quantitative estimate of drug-likeness (QED) is 0.806. The van der Waals surface area contributed by atoms with Gasteiger partial charge < -0.3 is 5.73 Å². The molecule has 2 N–H and O–H groups in total. The molecule has 102 valence electrons. The Kier molecular flexibility index (Phi) is 4.11. The van der Waals surface area contributed by atoms with Gasteiger partial charge in [-0.15, -0.1) is 5.10 Å². The summed E-state index contributed by atoms with van der Waals surface area (Å²) in [6.07, 6.45) is 1.85. The summed E-state index contributed by atoms with van der Waals surface area (Å²) in [4.78, 5) is 12.1. The minimum Gasteiger partial charge on any atom is -0.329 e. The van der Waals surface area contributed by atoms with Gasteiger partial charge in [0.1, 0.15) is 5.69 Å². The smallest absolute Gasteiger partial charge is 0.190 e. The highest BCUT2D eigenvalue weighted by Gasteiger charge is 2.17. The summed E-state index contributed by atoms with van der Waals surface area (Å²) in [6, 6.07) is 0. The van der Waals surface area contributed by atoms with Gasteiger partial charge in [-0.25, -0.2) is 0 Å². The first-order valence-electron chi connectivity index (χ1n) is 5.84. The number of ketones is 1. The average molecular weight is 327 g/mol. The minimum absolute atomic E-state index is 0.0908. The highest BCUT2D eigenvalue weighted by Crippen LogP contribution is 2.21. The second kappa shape index (κ2) is 5.62. The third-order valence-electron chi connectivity index (χ3n) is 2.77. The van der Waals surface area contributed by atoms with Crippen molar-refractivity contribution in [1.82, 2.24) is 24.8 Å². The number of carbonyl (C=O) groups excluding carboxylic acids is 1. The molecule has 0 aliphatic carbocycles. The van der Waals surface area contributed by atoms with Crippen LogP contribution >= 0.6 is 15.9 Å². The molecule has 19 heavy (non-hydrogen) atoms. The molecule has 2 aromatic rings. The predicted molar refractivity (Wildman–Crippen MR) is 72.8 cm³/mol. The highest BCUT2D eigenvalue weighted by molar-refractivity contribution is 9.10. The zero-order chi connectivity index (χ0) is 14.0. The van der Waals surface area contributed by atoms with Crippen LogP contribution in [0.15, 0.2) is 10.7 Å². The van der Waals surface area contributed by atoms with E-state index in [2.05, 4.69) is 31.3 Å². The van der Waals surface area contributed by atoms with Crippen LogP contribution in [0.5, 0.6) is 0 Å². The van der Waals surface area contributed by atoms with Crippen LogP contribution in [0.1, 0.15) is 21.9 Å². The van der Waals surface area contributed by atoms with Gasteiger partial charge in [-0.3, -0.25) is 14.2 Å². The van der Waals surface area contributed by atoms with Crippen molar-refractivity contribution in [3.05, 3.63) is 27.8 Å². The maximum absolute atomic E-state index is 12.1. The molecule has 0 aliphatic heterocycles. The number of hydrogen-bond acceptors (Lipinski definition) is 5. The number of aromatic nitrogens is 5. The van der Waals surface area contributed by atoms with E-state index in [0.717, 1.165) is 15.9 Å². The number of nitrogens with two attached hydrogens (primary N) is 1. The van der Waals surface area contributed by atoms with Crippen molar-refractivity contribution in [2.24, 2.45) is 12.8 Å². The van der Waals surface area contributed by atoms with Gasteiger partial charge in [0.15, 0.2) is 5.78 Å². The third kappa shape index (κ3) is 2.90. The Hall–Kier alpha value is -1.54. The first kappa shape index (κ1) is 13.9. The van der Waals surface area contributed by atoms with Gasteiger partial charge in [-0.1, -0.05) is 5.21 Å². The summed E-state index contributed by atoms with van der Waals surface area (Å²) in [5.74, 6) is -0.0908. The Balaban J connectivity index is 2.16. The van der Waals surface area contributed by atoms with Crippen LogP contribution in [0.3, 0.4) is 0 Å². The molecule has 8 heteroatoms. The highest BCUT2D eigenvalue weighted by atomic mass is 79.9. The monoisotopic (exact) mass is 326 g/mol. The van der Waals surface area contributed by atoms with Crippen molar-refractivity contribution in [3.63, 3.8) is 0 Å². The first-order valence-corrected chi connectivity index (χ1v) is 6.63. The van der Waals surface area contributed by atoms with Gasteiger partial charge in [0, 0.05) is 13.6 Å². The summed E-state index contributed by atoms with van der Waals surface area (Å²) in [5, 5.41) is 12.0. The van der Waals surface area contributed by atoms with E-state index in [1.54, 1.807) is 15.6 Å². The summed E-state index contributed by atoms with van der Waals surface area (Å²) in [6.45, 7) is 2.90. The number of nitrogens with zero attached hydrogens (tertiary/aromatic N) is 5. The molecule has 7 nitrogen and oxygen atoms in total. The van der Waals surface area contributed by atoms with Crippen molar-refractivity contribution < 1.29 is 4.79 Å². The normalized spacial score (nSPS) is 10.9. The molecule has 2 heterocycles. The SMILES string of the molecule is Cc1nn(C)c(CC(=O)c2cn(CCN)nn2)c1Br. The van der Waals surface area contributed by atoms with Crippen LogP contribution in [-0.4, -0.2) is 37.1 Å². The number of aryl methyl sites for hydroxylation is 2. The lowest BCUT2D eigenvalue weighted by molar-refractivity contribution is 0.0985. The van der Waals surface area contributed by atoms with Gasteiger partial charge in [0.05, 0.1) is 35.0 Å². The molecule has 0 aliphatic rings. The van der Waals surface area contributed by atoms with Crippen molar-refractivity contribution in [2.75, 3.05) is 6.54 Å². The standard InChI is InChI=1S/C11H15BrN6O/c1-7-11(12)9(17(2)15-7)5-10(19)8-6-18(4-3-13)16-14-8/h6H,3-5,13H2,1-2H3. The fraction of sp³-hybridized carbons (Fsp3) is 0.455. The van der Waals surface area contributed by atoms with Crippen molar-refractivity contribution in [1.29, 1.82) is 0 Å². The molecule has 0 bridgehead atoms. The van der Waals surface area contributed by atoms with E-state index in [9.17, 15) is 4.79 Å². The molecule has 0 aromatic carbocycles. The summed E-state index contributed by atoms with van der Waals surface area (Å²) in [5.41, 5.74) is 7.46. The minimum atomic E-state index is -0.0908. The van der Waals surface area contributed by atoms with E-state index < -0.39 is 0 Å². The van der Waals surface area contributed by atoms with Crippen molar-refractivity contribution in [2.45, 2.75) is 19.9 Å². The van der Waals surface area contributed by atoms with Gasteiger partial charge >= 0.3 is 0 Å². The zero-order valence-electron chi connectivity index (χ0n) is 10.8. The maximum atomic E-state index is 12.1. The molecule has 0 fully saturated rings. The zero-order valence-corrected chi connectivity index (χ0v) is 12.4. The fourth-order valence-electron chi connectivity index (χ4n) is 1.78. The lowest BCUT2D eigenvalue weighted by Gasteiger charge is -2.00. The Morgan fingerprint density at radius 2 is 2.26 bits per heavy atom. The van der Waals surface area contributed by atoms with E-state index in [4.69, 9.17) is 5.73 Å². The third-order valence-corrected chi connectivity index (χ3v) is 3.80. The number of rotatable bonds is 5. The second-order valence-electron chi connectivity index (χ2n) is 4.23. The fourth-order valence-corrected chi connectivity index (χ4v) is 2.26. The number of halogens is 1. The molecule has 2 aromatic heterocycles. The number of hydrogen-bond donors (Lipinski definition) is 1. The van der Waals surface area contributed by atoms with Gasteiger partial charge in [0.25, 0.3) is 0 Å². The van der Waals surface area contributed by atoms with Crippen LogP contribution < -0.4 is 5.73 Å². The van der Waals surface area contributed by atoms with Crippen molar-refractivity contribution in [3.8, 4) is 0 Å². The van der Waals surface area contributed by atoms with Crippen LogP contribution in [0, 0.1) is 6.92 Å². The molecular weight excluding hydrogens is 312 g/mol. The number of carbonyl (C=O) groups is 1. The van der Waals surface area contributed by atoms with E-state index in [0.29, 0.717) is 18.8 Å². The molecule has 0 amide bonds. The van der Waals surface area contributed by atoms with E-state index in [-0.39, 0.29) is 12.2 Å². The molecule has 0 radical (unpaired) electrons. The van der Waals surface area contributed by atoms with Gasteiger partial charge in [0.2, 0.25) is 0 Å². The van der Waals surface area contributed by atoms with Crippen LogP contribution in [-0.2, 0) is 20.0 Å². The summed E-state index contributed by atoms with van der Waals surface area (Å²) in [7, 11) is 1.81. The molecular formula is C11H15BrN6O. The molecule has 0 unspecified atom stereocenters. The van der Waals surface area contributed by atoms with E-state index in [1.807, 2.05) is 14.0 Å². The summed E-state index contributed by atoms with van der Waals surface area (Å²) >= 11 is 3.44. The summed E-state index contributed by atoms with van der Waals surface area (Å²) < 4.78 is 4.12. The Morgan fingerprint density at radius 1 is 1.53 bits per heavy atom. The van der Waals surface area contributed by atoms with Crippen LogP contribution in [0.2, 0.25) is 0 Å². The van der Waals surface area contributed by atoms with Gasteiger partial charge in [-0.05, 0) is 22.9 Å². The van der Waals surface area contributed by atoms with E-state index >= 15 is 0 Å². The topological polar surface area (TPSA) is 91.6 Å². The average Bonchev–Trinajstić information content (AvgIpc) is 2.91. The Bertz CT molecular complexity index is 602. The van der Waals surface area contributed by atoms with Gasteiger partial charge in [-0.2, -0.15) is 5.10 Å². The number of Topliss-reactive ketones (excluding diaryl/α,β-unsaturated/α-hetero) is 1. The lowest BCUT2D eigenvalue weighted by Crippen LogP contribution is -2.10. The molecule has 2 rings (SSSR count). The van der Waals surface area contributed by atoms with Crippen LogP contribution in [0.25, 0.3) is 0 Å². The second-order valence-corrected chi connectivity index (χ2v) is 5.02. The van der Waals surface area contributed by atoms with Crippen molar-refractivity contribution >= 4 is 21.7 Å². The molecule has 0 spiro atoms. The Morgan fingerprint density at radius 3 is 2.84 bits per heavy atom.